The first-order valence-corrected chi connectivity index (χ1v) is 8.31. The summed E-state index contributed by atoms with van der Waals surface area (Å²) in [5, 5.41) is 0.540. The first-order chi connectivity index (χ1) is 10.4. The Balaban J connectivity index is 1.98. The van der Waals surface area contributed by atoms with Crippen LogP contribution in [0.5, 0.6) is 5.75 Å². The second-order valence-electron chi connectivity index (χ2n) is 4.59. The smallest absolute Gasteiger partial charge is 0.243 e. The van der Waals surface area contributed by atoms with Crippen molar-refractivity contribution in [3.63, 3.8) is 0 Å². The minimum absolute atomic E-state index is 0.0854. The largest absolute Gasteiger partial charge is 0.492 e. The number of rotatable bonds is 6. The van der Waals surface area contributed by atoms with E-state index in [4.69, 9.17) is 16.3 Å². The van der Waals surface area contributed by atoms with E-state index in [2.05, 4.69) is 0 Å². The molecule has 0 bridgehead atoms. The molecule has 0 saturated heterocycles. The van der Waals surface area contributed by atoms with Gasteiger partial charge in [0.2, 0.25) is 10.0 Å². The number of benzene rings is 2. The summed E-state index contributed by atoms with van der Waals surface area (Å²) in [5.74, 6) is -0.0336. The molecular weight excluding hydrogens is 329 g/mol. The Kier molecular flexibility index (Phi) is 5.39. The van der Waals surface area contributed by atoms with E-state index in [0.717, 1.165) is 10.4 Å². The fourth-order valence-corrected chi connectivity index (χ4v) is 3.14. The molecule has 2 aromatic carbocycles. The van der Waals surface area contributed by atoms with Gasteiger partial charge in [0, 0.05) is 18.6 Å². The number of hydrogen-bond acceptors (Lipinski definition) is 3. The fourth-order valence-electron chi connectivity index (χ4n) is 1.78. The lowest BCUT2D eigenvalue weighted by Crippen LogP contribution is -2.31. The monoisotopic (exact) mass is 343 g/mol. The highest BCUT2D eigenvalue weighted by atomic mass is 35.5. The zero-order chi connectivity index (χ0) is 16.2. The minimum atomic E-state index is -3.74. The molecule has 0 atom stereocenters. The van der Waals surface area contributed by atoms with E-state index in [0.29, 0.717) is 10.8 Å². The van der Waals surface area contributed by atoms with Crippen LogP contribution in [0, 0.1) is 5.82 Å². The lowest BCUT2D eigenvalue weighted by molar-refractivity contribution is 0.287. The maximum Gasteiger partial charge on any atom is 0.243 e. The summed E-state index contributed by atoms with van der Waals surface area (Å²) < 4.78 is 44.2. The molecule has 0 radical (unpaired) electrons. The molecule has 118 valence electrons. The van der Waals surface area contributed by atoms with Crippen molar-refractivity contribution in [2.45, 2.75) is 4.90 Å². The van der Waals surface area contributed by atoms with Crippen LogP contribution in [-0.2, 0) is 10.0 Å². The Bertz CT molecular complexity index is 752. The fraction of sp³-hybridized carbons (Fsp3) is 0.200. The van der Waals surface area contributed by atoms with Gasteiger partial charge in [-0.2, -0.15) is 4.31 Å². The molecule has 0 heterocycles. The van der Waals surface area contributed by atoms with Crippen LogP contribution in [0.15, 0.2) is 53.4 Å². The third-order valence-electron chi connectivity index (χ3n) is 2.98. The Morgan fingerprint density at radius 2 is 1.91 bits per heavy atom. The van der Waals surface area contributed by atoms with Crippen molar-refractivity contribution < 1.29 is 17.5 Å². The van der Waals surface area contributed by atoms with Gasteiger partial charge in [0.1, 0.15) is 18.2 Å². The van der Waals surface area contributed by atoms with E-state index in [1.165, 1.54) is 25.2 Å². The highest BCUT2D eigenvalue weighted by Gasteiger charge is 2.20. The van der Waals surface area contributed by atoms with Gasteiger partial charge < -0.3 is 4.74 Å². The van der Waals surface area contributed by atoms with Gasteiger partial charge in [0.05, 0.1) is 4.90 Å². The lowest BCUT2D eigenvalue weighted by Gasteiger charge is -2.17. The van der Waals surface area contributed by atoms with E-state index in [-0.39, 0.29) is 18.0 Å². The van der Waals surface area contributed by atoms with E-state index >= 15 is 0 Å². The zero-order valence-electron chi connectivity index (χ0n) is 11.9. The molecule has 0 saturated carbocycles. The molecule has 0 unspecified atom stereocenters. The highest BCUT2D eigenvalue weighted by molar-refractivity contribution is 7.89. The second-order valence-corrected chi connectivity index (χ2v) is 7.07. The predicted octanol–water partition coefficient (Wildman–Crippen LogP) is 3.18. The molecule has 0 aliphatic heterocycles. The third-order valence-corrected chi connectivity index (χ3v) is 5.06. The summed E-state index contributed by atoms with van der Waals surface area (Å²) >= 11 is 5.83. The number of ether oxygens (including phenoxy) is 1. The van der Waals surface area contributed by atoms with Gasteiger partial charge in [-0.25, -0.2) is 12.8 Å². The summed E-state index contributed by atoms with van der Waals surface area (Å²) in [6.45, 7) is 0.288. The van der Waals surface area contributed by atoms with Gasteiger partial charge in [-0.1, -0.05) is 23.7 Å². The zero-order valence-corrected chi connectivity index (χ0v) is 13.4. The van der Waals surface area contributed by atoms with Gasteiger partial charge in [-0.05, 0) is 36.4 Å². The van der Waals surface area contributed by atoms with Gasteiger partial charge in [0.25, 0.3) is 0 Å². The first-order valence-electron chi connectivity index (χ1n) is 6.50. The lowest BCUT2D eigenvalue weighted by atomic mass is 10.3. The molecule has 0 aliphatic carbocycles. The number of halogens is 2. The molecule has 0 aliphatic rings. The molecular formula is C15H15ClFNO3S. The summed E-state index contributed by atoms with van der Waals surface area (Å²) in [5.41, 5.74) is 0. The van der Waals surface area contributed by atoms with E-state index < -0.39 is 15.8 Å². The van der Waals surface area contributed by atoms with Crippen molar-refractivity contribution in [2.24, 2.45) is 0 Å². The van der Waals surface area contributed by atoms with Crippen LogP contribution in [0.3, 0.4) is 0 Å². The molecule has 2 rings (SSSR count). The van der Waals surface area contributed by atoms with Crippen molar-refractivity contribution in [3.8, 4) is 5.75 Å². The minimum Gasteiger partial charge on any atom is -0.492 e. The van der Waals surface area contributed by atoms with Gasteiger partial charge in [0.15, 0.2) is 0 Å². The van der Waals surface area contributed by atoms with Crippen LogP contribution >= 0.6 is 11.6 Å². The Morgan fingerprint density at radius 1 is 1.18 bits per heavy atom. The number of hydrogen-bond donors (Lipinski definition) is 0. The van der Waals surface area contributed by atoms with Crippen LogP contribution in [0.25, 0.3) is 0 Å². The molecule has 0 spiro atoms. The number of nitrogens with zero attached hydrogens (tertiary/aromatic N) is 1. The molecule has 2 aromatic rings. The molecule has 22 heavy (non-hydrogen) atoms. The molecule has 0 N–H and O–H groups in total. The van der Waals surface area contributed by atoms with Gasteiger partial charge in [-0.3, -0.25) is 0 Å². The Hall–Kier alpha value is -1.63. The van der Waals surface area contributed by atoms with Crippen LogP contribution in [-0.4, -0.2) is 32.9 Å². The average molecular weight is 344 g/mol. The van der Waals surface area contributed by atoms with Gasteiger partial charge >= 0.3 is 0 Å². The SMILES string of the molecule is CN(CCOc1cccc(Cl)c1)S(=O)(=O)c1cccc(F)c1. The topological polar surface area (TPSA) is 46.6 Å². The van der Waals surface area contributed by atoms with Gasteiger partial charge in [-0.15, -0.1) is 0 Å². The maximum atomic E-state index is 13.2. The molecule has 7 heteroatoms. The first kappa shape index (κ1) is 16.7. The summed E-state index contributed by atoms with van der Waals surface area (Å²) in [6, 6.07) is 11.7. The number of likely N-dealkylation sites (N-methyl/N-ethyl adjacent to an activating group) is 1. The highest BCUT2D eigenvalue weighted by Crippen LogP contribution is 2.18. The molecule has 4 nitrogen and oxygen atoms in total. The molecule has 0 fully saturated rings. The third kappa shape index (κ3) is 4.19. The summed E-state index contributed by atoms with van der Waals surface area (Å²) in [4.78, 5) is -0.0854. The van der Waals surface area contributed by atoms with Crippen LogP contribution in [0.4, 0.5) is 4.39 Å². The predicted molar refractivity (Wildman–Crippen MR) is 83.2 cm³/mol. The number of sulfonamides is 1. The normalized spacial score (nSPS) is 11.6. The van der Waals surface area contributed by atoms with Crippen LogP contribution in [0.1, 0.15) is 0 Å². The summed E-state index contributed by atoms with van der Waals surface area (Å²) in [7, 11) is -2.32. The Labute approximate surface area is 134 Å². The standard InChI is InChI=1S/C15H15ClFNO3S/c1-18(8-9-21-14-6-2-4-12(16)10-14)22(19,20)15-7-3-5-13(17)11-15/h2-7,10-11H,8-9H2,1H3. The van der Waals surface area contributed by atoms with Crippen LogP contribution in [0.2, 0.25) is 5.02 Å². The van der Waals surface area contributed by atoms with Crippen molar-refractivity contribution in [1.82, 2.24) is 4.31 Å². The Morgan fingerprint density at radius 3 is 2.59 bits per heavy atom. The molecule has 0 amide bonds. The quantitative estimate of drug-likeness (QED) is 0.809. The second kappa shape index (κ2) is 7.09. The van der Waals surface area contributed by atoms with Crippen LogP contribution < -0.4 is 4.74 Å². The maximum absolute atomic E-state index is 13.2. The van der Waals surface area contributed by atoms with E-state index in [1.807, 2.05) is 0 Å². The van der Waals surface area contributed by atoms with Crippen molar-refractivity contribution in [3.05, 3.63) is 59.4 Å². The van der Waals surface area contributed by atoms with E-state index in [9.17, 15) is 12.8 Å². The summed E-state index contributed by atoms with van der Waals surface area (Å²) in [6.07, 6.45) is 0. The molecule has 0 aromatic heterocycles. The van der Waals surface area contributed by atoms with Crippen molar-refractivity contribution in [2.75, 3.05) is 20.2 Å². The van der Waals surface area contributed by atoms with Crippen molar-refractivity contribution >= 4 is 21.6 Å². The van der Waals surface area contributed by atoms with Crippen molar-refractivity contribution in [1.29, 1.82) is 0 Å². The average Bonchev–Trinajstić information content (AvgIpc) is 2.47. The van der Waals surface area contributed by atoms with E-state index in [1.54, 1.807) is 24.3 Å².